The first-order valence-corrected chi connectivity index (χ1v) is 4.93. The van der Waals surface area contributed by atoms with Crippen LogP contribution in [0.15, 0.2) is 42.6 Å². The van der Waals surface area contributed by atoms with Gasteiger partial charge >= 0.3 is 0 Å². The van der Waals surface area contributed by atoms with Crippen molar-refractivity contribution in [2.45, 2.75) is 0 Å². The van der Waals surface area contributed by atoms with Crippen LogP contribution in [0.2, 0.25) is 0 Å². The summed E-state index contributed by atoms with van der Waals surface area (Å²) < 4.78 is 0. The fourth-order valence-electron chi connectivity index (χ4n) is 1.28. The lowest BCUT2D eigenvalue weighted by Gasteiger charge is -1.95. The predicted molar refractivity (Wildman–Crippen MR) is 65.7 cm³/mol. The molecule has 0 spiro atoms. The van der Waals surface area contributed by atoms with E-state index in [1.807, 2.05) is 36.4 Å². The van der Waals surface area contributed by atoms with Gasteiger partial charge in [-0.25, -0.2) is 0 Å². The molecule has 1 heterocycles. The molecule has 3 nitrogen and oxygen atoms in total. The van der Waals surface area contributed by atoms with E-state index in [1.165, 1.54) is 0 Å². The van der Waals surface area contributed by atoms with E-state index in [9.17, 15) is 0 Å². The van der Waals surface area contributed by atoms with Gasteiger partial charge in [0.1, 0.15) is 5.75 Å². The first-order chi connectivity index (χ1) is 7.74. The van der Waals surface area contributed by atoms with E-state index < -0.39 is 0 Å². The molecule has 2 aromatic rings. The number of phenols is 1. The van der Waals surface area contributed by atoms with Crippen LogP contribution in [0, 0.1) is 0 Å². The molecule has 0 fully saturated rings. The van der Waals surface area contributed by atoms with Crippen molar-refractivity contribution in [3.63, 3.8) is 0 Å². The summed E-state index contributed by atoms with van der Waals surface area (Å²) in [6, 6.07) is 10.6. The van der Waals surface area contributed by atoms with Crippen molar-refractivity contribution in [1.82, 2.24) is 4.98 Å². The molecule has 0 saturated heterocycles. The number of benzene rings is 1. The molecule has 16 heavy (non-hydrogen) atoms. The number of aromatic hydroxyl groups is 1. The maximum absolute atomic E-state index is 9.12. The molecule has 0 aliphatic carbocycles. The number of rotatable bonds is 2. The average molecular weight is 212 g/mol. The molecular weight excluding hydrogens is 200 g/mol. The van der Waals surface area contributed by atoms with Gasteiger partial charge in [0.2, 0.25) is 0 Å². The predicted octanol–water partition coefficient (Wildman–Crippen LogP) is 2.54. The molecular formula is C13H12N2O. The third-order valence-electron chi connectivity index (χ3n) is 2.15. The molecule has 0 bridgehead atoms. The normalized spacial score (nSPS) is 10.8. The van der Waals surface area contributed by atoms with E-state index in [0.29, 0.717) is 5.69 Å². The van der Waals surface area contributed by atoms with E-state index in [0.717, 1.165) is 11.3 Å². The minimum absolute atomic E-state index is 0.266. The number of nitrogen functional groups attached to an aromatic ring is 1. The number of aromatic nitrogens is 1. The largest absolute Gasteiger partial charge is 0.508 e. The summed E-state index contributed by atoms with van der Waals surface area (Å²) in [5.74, 6) is 0.266. The number of nitrogens with zero attached hydrogens (tertiary/aromatic N) is 1. The Bertz CT molecular complexity index is 439. The van der Waals surface area contributed by atoms with Gasteiger partial charge in [-0.05, 0) is 35.9 Å². The summed E-state index contributed by atoms with van der Waals surface area (Å²) in [4.78, 5) is 4.15. The molecule has 1 aromatic heterocycles. The summed E-state index contributed by atoms with van der Waals surface area (Å²) in [6.45, 7) is 0. The van der Waals surface area contributed by atoms with Crippen LogP contribution in [-0.4, -0.2) is 10.1 Å². The highest BCUT2D eigenvalue weighted by atomic mass is 16.3. The van der Waals surface area contributed by atoms with Gasteiger partial charge in [-0.3, -0.25) is 4.98 Å². The second-order valence-electron chi connectivity index (χ2n) is 3.44. The molecule has 2 rings (SSSR count). The first-order valence-electron chi connectivity index (χ1n) is 4.93. The number of hydrogen-bond donors (Lipinski definition) is 2. The Morgan fingerprint density at radius 1 is 1.00 bits per heavy atom. The van der Waals surface area contributed by atoms with Gasteiger partial charge in [-0.15, -0.1) is 0 Å². The van der Waals surface area contributed by atoms with Crippen molar-refractivity contribution in [2.75, 3.05) is 5.73 Å². The molecule has 1 aromatic carbocycles. The molecule has 0 aliphatic heterocycles. The van der Waals surface area contributed by atoms with Crippen molar-refractivity contribution in [1.29, 1.82) is 0 Å². The number of phenolic OH excluding ortho intramolecular Hbond substituents is 1. The highest BCUT2D eigenvalue weighted by Gasteiger charge is 1.90. The van der Waals surface area contributed by atoms with Crippen LogP contribution in [0.3, 0.4) is 0 Å². The molecule has 0 radical (unpaired) electrons. The SMILES string of the molecule is Nc1ccc(/C=C/c2ccc(O)cc2)nc1. The Hall–Kier alpha value is -2.29. The second-order valence-corrected chi connectivity index (χ2v) is 3.44. The average Bonchev–Trinajstić information content (AvgIpc) is 2.30. The second kappa shape index (κ2) is 4.49. The fourth-order valence-corrected chi connectivity index (χ4v) is 1.28. The minimum atomic E-state index is 0.266. The van der Waals surface area contributed by atoms with Crippen LogP contribution >= 0.6 is 0 Å². The lowest BCUT2D eigenvalue weighted by atomic mass is 10.2. The third-order valence-corrected chi connectivity index (χ3v) is 2.15. The van der Waals surface area contributed by atoms with Crippen LogP contribution < -0.4 is 5.73 Å². The van der Waals surface area contributed by atoms with E-state index in [1.54, 1.807) is 18.3 Å². The Morgan fingerprint density at radius 2 is 1.75 bits per heavy atom. The van der Waals surface area contributed by atoms with Crippen LogP contribution in [0.25, 0.3) is 12.2 Å². The molecule has 3 N–H and O–H groups in total. The van der Waals surface area contributed by atoms with E-state index in [2.05, 4.69) is 4.98 Å². The first kappa shape index (κ1) is 10.2. The number of hydrogen-bond acceptors (Lipinski definition) is 3. The minimum Gasteiger partial charge on any atom is -0.508 e. The number of pyridine rings is 1. The Morgan fingerprint density at radius 3 is 2.38 bits per heavy atom. The molecule has 0 saturated carbocycles. The summed E-state index contributed by atoms with van der Waals surface area (Å²) in [7, 11) is 0. The van der Waals surface area contributed by atoms with Gasteiger partial charge in [0.05, 0.1) is 17.6 Å². The standard InChI is InChI=1S/C13H12N2O/c14-11-4-6-12(15-9-11)5-1-10-2-7-13(16)8-3-10/h1-9,16H,14H2/b5-1+. The summed E-state index contributed by atoms with van der Waals surface area (Å²) in [5.41, 5.74) is 8.05. The van der Waals surface area contributed by atoms with E-state index in [-0.39, 0.29) is 5.75 Å². The molecule has 0 atom stereocenters. The zero-order chi connectivity index (χ0) is 11.4. The van der Waals surface area contributed by atoms with Crippen LogP contribution in [0.5, 0.6) is 5.75 Å². The summed E-state index contributed by atoms with van der Waals surface area (Å²) in [5, 5.41) is 9.12. The summed E-state index contributed by atoms with van der Waals surface area (Å²) in [6.07, 6.45) is 5.44. The van der Waals surface area contributed by atoms with Gasteiger partial charge in [0, 0.05) is 0 Å². The lowest BCUT2D eigenvalue weighted by Crippen LogP contribution is -1.86. The lowest BCUT2D eigenvalue weighted by molar-refractivity contribution is 0.475. The van der Waals surface area contributed by atoms with Crippen molar-refractivity contribution >= 4 is 17.8 Å². The monoisotopic (exact) mass is 212 g/mol. The van der Waals surface area contributed by atoms with Crippen molar-refractivity contribution < 1.29 is 5.11 Å². The zero-order valence-electron chi connectivity index (χ0n) is 8.67. The topological polar surface area (TPSA) is 59.1 Å². The van der Waals surface area contributed by atoms with Gasteiger partial charge in [-0.2, -0.15) is 0 Å². The zero-order valence-corrected chi connectivity index (χ0v) is 8.67. The van der Waals surface area contributed by atoms with Crippen molar-refractivity contribution in [3.8, 4) is 5.75 Å². The Kier molecular flexibility index (Phi) is 2.87. The van der Waals surface area contributed by atoms with Gasteiger partial charge < -0.3 is 10.8 Å². The van der Waals surface area contributed by atoms with Gasteiger partial charge in [-0.1, -0.05) is 18.2 Å². The summed E-state index contributed by atoms with van der Waals surface area (Å²) >= 11 is 0. The van der Waals surface area contributed by atoms with Crippen LogP contribution in [-0.2, 0) is 0 Å². The molecule has 3 heteroatoms. The number of nitrogens with two attached hydrogens (primary N) is 1. The smallest absolute Gasteiger partial charge is 0.115 e. The fraction of sp³-hybridized carbons (Fsp3) is 0. The molecule has 0 unspecified atom stereocenters. The highest BCUT2D eigenvalue weighted by molar-refractivity contribution is 5.68. The van der Waals surface area contributed by atoms with E-state index in [4.69, 9.17) is 10.8 Å². The van der Waals surface area contributed by atoms with Crippen LogP contribution in [0.4, 0.5) is 5.69 Å². The quantitative estimate of drug-likeness (QED) is 0.804. The third kappa shape index (κ3) is 2.60. The molecule has 80 valence electrons. The number of anilines is 1. The molecule has 0 amide bonds. The molecule has 0 aliphatic rings. The van der Waals surface area contributed by atoms with Gasteiger partial charge in [0.15, 0.2) is 0 Å². The Labute approximate surface area is 93.9 Å². The van der Waals surface area contributed by atoms with Crippen molar-refractivity contribution in [3.05, 3.63) is 53.9 Å². The van der Waals surface area contributed by atoms with Crippen LogP contribution in [0.1, 0.15) is 11.3 Å². The maximum atomic E-state index is 9.12. The van der Waals surface area contributed by atoms with E-state index >= 15 is 0 Å². The van der Waals surface area contributed by atoms with Gasteiger partial charge in [0.25, 0.3) is 0 Å². The highest BCUT2D eigenvalue weighted by Crippen LogP contribution is 2.12. The van der Waals surface area contributed by atoms with Crippen molar-refractivity contribution in [2.24, 2.45) is 0 Å². The Balaban J connectivity index is 2.15. The maximum Gasteiger partial charge on any atom is 0.115 e.